The minimum Gasteiger partial charge on any atom is -0.504 e. The Kier molecular flexibility index (Phi) is 3.50. The molecule has 0 unspecified atom stereocenters. The molecule has 20 heavy (non-hydrogen) atoms. The lowest BCUT2D eigenvalue weighted by molar-refractivity contribution is -0.137. The van der Waals surface area contributed by atoms with E-state index in [9.17, 15) is 18.3 Å². The Labute approximate surface area is 114 Å². The van der Waals surface area contributed by atoms with E-state index in [4.69, 9.17) is 0 Å². The lowest BCUT2D eigenvalue weighted by Gasteiger charge is -2.11. The zero-order valence-electron chi connectivity index (χ0n) is 11.4. The van der Waals surface area contributed by atoms with Gasteiger partial charge in [0, 0.05) is 11.6 Å². The summed E-state index contributed by atoms with van der Waals surface area (Å²) >= 11 is 0. The van der Waals surface area contributed by atoms with Crippen molar-refractivity contribution in [2.24, 2.45) is 0 Å². The number of alkyl halides is 3. The summed E-state index contributed by atoms with van der Waals surface area (Å²) in [4.78, 5) is 0. The van der Waals surface area contributed by atoms with Crippen molar-refractivity contribution in [3.8, 4) is 17.0 Å². The van der Waals surface area contributed by atoms with Gasteiger partial charge in [-0.05, 0) is 26.8 Å². The van der Waals surface area contributed by atoms with Crippen molar-refractivity contribution in [3.05, 3.63) is 35.5 Å². The Hall–Kier alpha value is -1.98. The van der Waals surface area contributed by atoms with Gasteiger partial charge >= 0.3 is 6.18 Å². The van der Waals surface area contributed by atoms with E-state index in [1.165, 1.54) is 22.9 Å². The van der Waals surface area contributed by atoms with Gasteiger partial charge in [0.1, 0.15) is 5.69 Å². The van der Waals surface area contributed by atoms with Crippen LogP contribution in [0.1, 0.15) is 31.1 Å². The highest BCUT2D eigenvalue weighted by Gasteiger charge is 2.35. The third kappa shape index (κ3) is 2.37. The van der Waals surface area contributed by atoms with Gasteiger partial charge in [-0.25, -0.2) is 0 Å². The van der Waals surface area contributed by atoms with Gasteiger partial charge in [-0.15, -0.1) is 0 Å². The van der Waals surface area contributed by atoms with Crippen LogP contribution < -0.4 is 0 Å². The van der Waals surface area contributed by atoms with Crippen molar-refractivity contribution in [2.45, 2.75) is 33.0 Å². The smallest absolute Gasteiger partial charge is 0.417 e. The van der Waals surface area contributed by atoms with Gasteiger partial charge in [-0.2, -0.15) is 18.3 Å². The first-order chi connectivity index (χ1) is 9.23. The lowest BCUT2D eigenvalue weighted by Crippen LogP contribution is -2.08. The number of hydrogen-bond acceptors (Lipinski definition) is 2. The monoisotopic (exact) mass is 284 g/mol. The molecule has 1 N–H and O–H groups in total. The van der Waals surface area contributed by atoms with Gasteiger partial charge < -0.3 is 5.11 Å². The molecule has 2 aromatic rings. The van der Waals surface area contributed by atoms with Gasteiger partial charge in [0.25, 0.3) is 0 Å². The van der Waals surface area contributed by atoms with Crippen LogP contribution in [-0.2, 0) is 6.18 Å². The molecule has 0 radical (unpaired) electrons. The molecule has 0 aliphatic rings. The predicted molar refractivity (Wildman–Crippen MR) is 69.5 cm³/mol. The first-order valence-corrected chi connectivity index (χ1v) is 6.18. The Morgan fingerprint density at radius 3 is 2.30 bits per heavy atom. The van der Waals surface area contributed by atoms with E-state index in [2.05, 4.69) is 5.10 Å². The summed E-state index contributed by atoms with van der Waals surface area (Å²) in [5.74, 6) is -0.213. The van der Waals surface area contributed by atoms with Crippen LogP contribution in [-0.4, -0.2) is 14.9 Å². The Balaban J connectivity index is 2.67. The number of rotatable bonds is 2. The third-order valence-corrected chi connectivity index (χ3v) is 3.10. The van der Waals surface area contributed by atoms with Crippen LogP contribution in [0.15, 0.2) is 24.3 Å². The summed E-state index contributed by atoms with van der Waals surface area (Å²) in [5, 5.41) is 14.2. The Morgan fingerprint density at radius 2 is 1.80 bits per heavy atom. The van der Waals surface area contributed by atoms with Crippen molar-refractivity contribution in [3.63, 3.8) is 0 Å². The summed E-state index contributed by atoms with van der Waals surface area (Å²) < 4.78 is 40.6. The van der Waals surface area contributed by atoms with Gasteiger partial charge in [0.05, 0.1) is 11.3 Å². The Morgan fingerprint density at radius 1 is 1.20 bits per heavy atom. The van der Waals surface area contributed by atoms with E-state index in [0.717, 1.165) is 6.07 Å². The number of hydrogen-bond donors (Lipinski definition) is 1. The normalized spacial score (nSPS) is 12.2. The van der Waals surface area contributed by atoms with Crippen LogP contribution in [0.4, 0.5) is 13.2 Å². The zero-order valence-corrected chi connectivity index (χ0v) is 11.4. The van der Waals surface area contributed by atoms with Crippen molar-refractivity contribution >= 4 is 0 Å². The molecule has 1 aromatic heterocycles. The predicted octanol–water partition coefficient (Wildman–Crippen LogP) is 4.16. The molecule has 0 saturated heterocycles. The number of nitrogens with zero attached hydrogens (tertiary/aromatic N) is 2. The maximum Gasteiger partial charge on any atom is 0.417 e. The SMILES string of the molecule is Cc1c(O)c(-c2ccccc2C(F)(F)F)nn1C(C)C. The minimum absolute atomic E-state index is 0.0378. The zero-order chi connectivity index (χ0) is 15.1. The van der Waals surface area contributed by atoms with Crippen molar-refractivity contribution in [1.82, 2.24) is 9.78 Å². The first kappa shape index (κ1) is 14.4. The molecule has 0 aliphatic heterocycles. The summed E-state index contributed by atoms with van der Waals surface area (Å²) in [5.41, 5.74) is -0.500. The van der Waals surface area contributed by atoms with Gasteiger partial charge in [-0.3, -0.25) is 4.68 Å². The number of benzene rings is 1. The molecular weight excluding hydrogens is 269 g/mol. The molecule has 0 amide bonds. The van der Waals surface area contributed by atoms with Crippen LogP contribution in [0.3, 0.4) is 0 Å². The fourth-order valence-electron chi connectivity index (χ4n) is 2.13. The maximum atomic E-state index is 13.0. The average molecular weight is 284 g/mol. The van der Waals surface area contributed by atoms with Crippen molar-refractivity contribution in [1.29, 1.82) is 0 Å². The van der Waals surface area contributed by atoms with Gasteiger partial charge in [0.2, 0.25) is 0 Å². The van der Waals surface area contributed by atoms with E-state index < -0.39 is 11.7 Å². The van der Waals surface area contributed by atoms with E-state index in [-0.39, 0.29) is 23.0 Å². The molecule has 1 heterocycles. The van der Waals surface area contributed by atoms with E-state index in [0.29, 0.717) is 5.69 Å². The molecule has 0 fully saturated rings. The molecular formula is C14H15F3N2O. The number of halogens is 3. The second-order valence-corrected chi connectivity index (χ2v) is 4.86. The standard InChI is InChI=1S/C14H15F3N2O/c1-8(2)19-9(3)13(20)12(18-19)10-6-4-5-7-11(10)14(15,16)17/h4-8,20H,1-3H3. The van der Waals surface area contributed by atoms with Gasteiger partial charge in [-0.1, -0.05) is 18.2 Å². The number of aromatic nitrogens is 2. The summed E-state index contributed by atoms with van der Waals surface area (Å²) in [7, 11) is 0. The summed E-state index contributed by atoms with van der Waals surface area (Å²) in [6.45, 7) is 5.32. The van der Waals surface area contributed by atoms with Crippen LogP contribution in [0.5, 0.6) is 5.75 Å². The summed E-state index contributed by atoms with van der Waals surface area (Å²) in [6.07, 6.45) is -4.49. The fourth-order valence-corrected chi connectivity index (χ4v) is 2.13. The number of aromatic hydroxyl groups is 1. The minimum atomic E-state index is -4.49. The van der Waals surface area contributed by atoms with Crippen molar-refractivity contribution < 1.29 is 18.3 Å². The first-order valence-electron chi connectivity index (χ1n) is 6.18. The topological polar surface area (TPSA) is 38.1 Å². The van der Waals surface area contributed by atoms with E-state index in [1.54, 1.807) is 6.92 Å². The molecule has 108 valence electrons. The van der Waals surface area contributed by atoms with Crippen LogP contribution in [0, 0.1) is 6.92 Å². The van der Waals surface area contributed by atoms with Crippen molar-refractivity contribution in [2.75, 3.05) is 0 Å². The van der Waals surface area contributed by atoms with Crippen LogP contribution in [0.2, 0.25) is 0 Å². The molecule has 0 aliphatic carbocycles. The highest BCUT2D eigenvalue weighted by Crippen LogP contribution is 2.40. The molecule has 2 rings (SSSR count). The third-order valence-electron chi connectivity index (χ3n) is 3.10. The van der Waals surface area contributed by atoms with E-state index >= 15 is 0 Å². The van der Waals surface area contributed by atoms with Crippen LogP contribution in [0.25, 0.3) is 11.3 Å². The Bertz CT molecular complexity index is 630. The molecule has 6 heteroatoms. The molecule has 1 aromatic carbocycles. The largest absolute Gasteiger partial charge is 0.504 e. The highest BCUT2D eigenvalue weighted by molar-refractivity contribution is 5.71. The second kappa shape index (κ2) is 4.85. The molecule has 3 nitrogen and oxygen atoms in total. The summed E-state index contributed by atoms with van der Waals surface area (Å²) in [6, 6.07) is 5.06. The van der Waals surface area contributed by atoms with Crippen LogP contribution >= 0.6 is 0 Å². The molecule has 0 bridgehead atoms. The average Bonchev–Trinajstić information content (AvgIpc) is 2.65. The fraction of sp³-hybridized carbons (Fsp3) is 0.357. The van der Waals surface area contributed by atoms with Gasteiger partial charge in [0.15, 0.2) is 5.75 Å². The molecule has 0 atom stereocenters. The highest BCUT2D eigenvalue weighted by atomic mass is 19.4. The van der Waals surface area contributed by atoms with E-state index in [1.807, 2.05) is 13.8 Å². The molecule has 0 saturated carbocycles. The lowest BCUT2D eigenvalue weighted by atomic mass is 10.0. The molecule has 0 spiro atoms. The quantitative estimate of drug-likeness (QED) is 0.899. The maximum absolute atomic E-state index is 13.0. The second-order valence-electron chi connectivity index (χ2n) is 4.86.